The fourth-order valence-electron chi connectivity index (χ4n) is 2.23. The van der Waals surface area contributed by atoms with Crippen molar-refractivity contribution >= 4 is 17.3 Å². The third kappa shape index (κ3) is 3.24. The predicted octanol–water partition coefficient (Wildman–Crippen LogP) is 1.54. The molecule has 0 spiro atoms. The van der Waals surface area contributed by atoms with Crippen molar-refractivity contribution in [2.45, 2.75) is 12.8 Å². The topological polar surface area (TPSA) is 93.5 Å². The van der Waals surface area contributed by atoms with Gasteiger partial charge in [-0.25, -0.2) is 0 Å². The third-order valence-electron chi connectivity index (χ3n) is 3.31. The molecule has 1 unspecified atom stereocenters. The third-order valence-corrected chi connectivity index (χ3v) is 3.31. The highest BCUT2D eigenvalue weighted by Crippen LogP contribution is 2.30. The maximum atomic E-state index is 12.1. The molecule has 1 fully saturated rings. The number of nitrogens with zero attached hydrogens (tertiary/aromatic N) is 1. The van der Waals surface area contributed by atoms with Crippen molar-refractivity contribution in [1.29, 1.82) is 0 Å². The molecule has 0 aromatic heterocycles. The average Bonchev–Trinajstić information content (AvgIpc) is 2.48. The largest absolute Gasteiger partial charge is 0.490 e. The van der Waals surface area contributed by atoms with E-state index in [1.807, 2.05) is 0 Å². The van der Waals surface area contributed by atoms with Gasteiger partial charge in [0, 0.05) is 18.3 Å². The van der Waals surface area contributed by atoms with Gasteiger partial charge in [-0.1, -0.05) is 0 Å². The highest BCUT2D eigenvalue weighted by atomic mass is 16.6. The minimum absolute atomic E-state index is 0.0927. The van der Waals surface area contributed by atoms with Crippen LogP contribution in [-0.2, 0) is 4.79 Å². The molecule has 1 aromatic rings. The first kappa shape index (κ1) is 14.3. The first-order valence-electron chi connectivity index (χ1n) is 6.46. The average molecular weight is 279 g/mol. The van der Waals surface area contributed by atoms with Crippen molar-refractivity contribution in [2.24, 2.45) is 5.92 Å². The van der Waals surface area contributed by atoms with E-state index < -0.39 is 4.92 Å². The maximum Gasteiger partial charge on any atom is 0.312 e. The number of anilines is 1. The molecule has 7 nitrogen and oxygen atoms in total. The summed E-state index contributed by atoms with van der Waals surface area (Å²) in [6.07, 6.45) is 1.79. The number of ether oxygens (including phenoxy) is 1. The van der Waals surface area contributed by atoms with Crippen LogP contribution >= 0.6 is 0 Å². The quantitative estimate of drug-likeness (QED) is 0.644. The van der Waals surface area contributed by atoms with Crippen LogP contribution in [0.25, 0.3) is 0 Å². The molecule has 1 amide bonds. The molecule has 2 N–H and O–H groups in total. The Hall–Kier alpha value is -2.15. The van der Waals surface area contributed by atoms with Crippen LogP contribution in [0.15, 0.2) is 18.2 Å². The smallest absolute Gasteiger partial charge is 0.312 e. The second kappa shape index (κ2) is 6.33. The molecular formula is C13H17N3O4. The van der Waals surface area contributed by atoms with Gasteiger partial charge in [-0.05, 0) is 31.5 Å². The highest BCUT2D eigenvalue weighted by molar-refractivity contribution is 5.93. The molecule has 0 aliphatic carbocycles. The summed E-state index contributed by atoms with van der Waals surface area (Å²) < 4.78 is 4.92. The molecule has 1 aromatic carbocycles. The van der Waals surface area contributed by atoms with Crippen LogP contribution in [0.4, 0.5) is 11.4 Å². The van der Waals surface area contributed by atoms with E-state index in [4.69, 9.17) is 4.74 Å². The van der Waals surface area contributed by atoms with E-state index in [1.165, 1.54) is 19.2 Å². The monoisotopic (exact) mass is 279 g/mol. The van der Waals surface area contributed by atoms with E-state index in [1.54, 1.807) is 6.07 Å². The van der Waals surface area contributed by atoms with Gasteiger partial charge in [-0.15, -0.1) is 0 Å². The SMILES string of the molecule is COc1ccc(NC(=O)C2CCCNC2)cc1[N+](=O)[O-]. The Morgan fingerprint density at radius 2 is 2.35 bits per heavy atom. The van der Waals surface area contributed by atoms with Crippen molar-refractivity contribution in [3.05, 3.63) is 28.3 Å². The Morgan fingerprint density at radius 3 is 2.95 bits per heavy atom. The van der Waals surface area contributed by atoms with Crippen LogP contribution in [-0.4, -0.2) is 31.0 Å². The molecule has 1 aliphatic rings. The van der Waals surface area contributed by atoms with Gasteiger partial charge < -0.3 is 15.4 Å². The predicted molar refractivity (Wildman–Crippen MR) is 73.9 cm³/mol. The number of nitro benzene ring substituents is 1. The van der Waals surface area contributed by atoms with Gasteiger partial charge in [-0.2, -0.15) is 0 Å². The summed E-state index contributed by atoms with van der Waals surface area (Å²) in [6, 6.07) is 4.39. The molecule has 2 rings (SSSR count). The highest BCUT2D eigenvalue weighted by Gasteiger charge is 2.22. The van der Waals surface area contributed by atoms with E-state index in [0.717, 1.165) is 19.4 Å². The lowest BCUT2D eigenvalue weighted by molar-refractivity contribution is -0.385. The zero-order valence-electron chi connectivity index (χ0n) is 11.2. The van der Waals surface area contributed by atoms with Gasteiger partial charge >= 0.3 is 5.69 Å². The number of rotatable bonds is 4. The zero-order chi connectivity index (χ0) is 14.5. The number of piperidine rings is 1. The van der Waals surface area contributed by atoms with Gasteiger partial charge in [0.25, 0.3) is 0 Å². The Labute approximate surface area is 116 Å². The first-order chi connectivity index (χ1) is 9.61. The van der Waals surface area contributed by atoms with Crippen molar-refractivity contribution < 1.29 is 14.5 Å². The summed E-state index contributed by atoms with van der Waals surface area (Å²) in [5.74, 6) is -0.0334. The number of nitrogens with one attached hydrogen (secondary N) is 2. The van der Waals surface area contributed by atoms with E-state index >= 15 is 0 Å². The number of carbonyl (C=O) groups is 1. The molecule has 1 heterocycles. The normalized spacial score (nSPS) is 18.4. The Balaban J connectivity index is 2.10. The summed E-state index contributed by atoms with van der Waals surface area (Å²) in [7, 11) is 1.37. The molecular weight excluding hydrogens is 262 g/mol. The van der Waals surface area contributed by atoms with Crippen LogP contribution < -0.4 is 15.4 Å². The van der Waals surface area contributed by atoms with E-state index in [0.29, 0.717) is 12.2 Å². The number of benzene rings is 1. The lowest BCUT2D eigenvalue weighted by Gasteiger charge is -2.21. The fraction of sp³-hybridized carbons (Fsp3) is 0.462. The molecule has 0 bridgehead atoms. The Kier molecular flexibility index (Phi) is 4.52. The number of amides is 1. The van der Waals surface area contributed by atoms with Gasteiger partial charge in [0.2, 0.25) is 5.91 Å². The molecule has 1 atom stereocenters. The number of hydrogen-bond acceptors (Lipinski definition) is 5. The van der Waals surface area contributed by atoms with Crippen LogP contribution in [0.1, 0.15) is 12.8 Å². The minimum atomic E-state index is -0.531. The number of methoxy groups -OCH3 is 1. The molecule has 1 aliphatic heterocycles. The number of hydrogen-bond donors (Lipinski definition) is 2. The van der Waals surface area contributed by atoms with Gasteiger partial charge in [0.15, 0.2) is 5.75 Å². The van der Waals surface area contributed by atoms with Crippen molar-refractivity contribution in [1.82, 2.24) is 5.32 Å². The number of carbonyl (C=O) groups excluding carboxylic acids is 1. The summed E-state index contributed by atoms with van der Waals surface area (Å²) in [4.78, 5) is 22.4. The Bertz CT molecular complexity index is 512. The molecule has 108 valence electrons. The fourth-order valence-corrected chi connectivity index (χ4v) is 2.23. The molecule has 1 saturated heterocycles. The summed E-state index contributed by atoms with van der Waals surface area (Å²) in [5, 5.41) is 16.8. The summed E-state index contributed by atoms with van der Waals surface area (Å²) in [6.45, 7) is 1.57. The minimum Gasteiger partial charge on any atom is -0.490 e. The Morgan fingerprint density at radius 1 is 1.55 bits per heavy atom. The van der Waals surface area contributed by atoms with Crippen LogP contribution in [0, 0.1) is 16.0 Å². The van der Waals surface area contributed by atoms with Gasteiger partial charge in [0.1, 0.15) is 0 Å². The van der Waals surface area contributed by atoms with E-state index in [-0.39, 0.29) is 23.3 Å². The van der Waals surface area contributed by atoms with E-state index in [9.17, 15) is 14.9 Å². The second-order valence-corrected chi connectivity index (χ2v) is 4.68. The molecule has 20 heavy (non-hydrogen) atoms. The lowest BCUT2D eigenvalue weighted by Crippen LogP contribution is -2.37. The number of nitro groups is 1. The standard InChI is InChI=1S/C13H17N3O4/c1-20-12-5-4-10(7-11(12)16(18)19)15-13(17)9-3-2-6-14-8-9/h4-5,7,9,14H,2-3,6,8H2,1H3,(H,15,17). The van der Waals surface area contributed by atoms with Crippen molar-refractivity contribution in [3.63, 3.8) is 0 Å². The summed E-state index contributed by atoms with van der Waals surface area (Å²) >= 11 is 0. The molecule has 0 saturated carbocycles. The maximum absolute atomic E-state index is 12.1. The van der Waals surface area contributed by atoms with Crippen LogP contribution in [0.3, 0.4) is 0 Å². The van der Waals surface area contributed by atoms with Gasteiger partial charge in [-0.3, -0.25) is 14.9 Å². The summed E-state index contributed by atoms with van der Waals surface area (Å²) in [5.41, 5.74) is 0.250. The van der Waals surface area contributed by atoms with Crippen LogP contribution in [0.2, 0.25) is 0 Å². The molecule has 7 heteroatoms. The van der Waals surface area contributed by atoms with Crippen molar-refractivity contribution in [3.8, 4) is 5.75 Å². The zero-order valence-corrected chi connectivity index (χ0v) is 11.2. The lowest BCUT2D eigenvalue weighted by atomic mass is 9.99. The van der Waals surface area contributed by atoms with Crippen molar-refractivity contribution in [2.75, 3.05) is 25.5 Å². The van der Waals surface area contributed by atoms with Gasteiger partial charge in [0.05, 0.1) is 18.0 Å². The van der Waals surface area contributed by atoms with E-state index in [2.05, 4.69) is 10.6 Å². The first-order valence-corrected chi connectivity index (χ1v) is 6.46. The van der Waals surface area contributed by atoms with Crippen LogP contribution in [0.5, 0.6) is 5.75 Å². The molecule has 0 radical (unpaired) electrons. The second-order valence-electron chi connectivity index (χ2n) is 4.68.